The number of benzene rings is 2. The van der Waals surface area contributed by atoms with Crippen molar-refractivity contribution in [3.63, 3.8) is 0 Å². The lowest BCUT2D eigenvalue weighted by Crippen LogP contribution is -2.53. The van der Waals surface area contributed by atoms with Gasteiger partial charge in [0.1, 0.15) is 5.75 Å². The van der Waals surface area contributed by atoms with Crippen LogP contribution in [0.4, 0.5) is 0 Å². The Hall–Kier alpha value is -2.37. The van der Waals surface area contributed by atoms with E-state index in [2.05, 4.69) is 34.1 Å². The van der Waals surface area contributed by atoms with Crippen molar-refractivity contribution < 1.29 is 14.3 Å². The van der Waals surface area contributed by atoms with E-state index in [0.717, 1.165) is 50.2 Å². The van der Waals surface area contributed by atoms with Crippen molar-refractivity contribution in [1.29, 1.82) is 0 Å². The van der Waals surface area contributed by atoms with Crippen LogP contribution in [0.15, 0.2) is 54.6 Å². The van der Waals surface area contributed by atoms with Gasteiger partial charge in [0.15, 0.2) is 0 Å². The number of likely N-dealkylation sites (tertiary alicyclic amines) is 2. The summed E-state index contributed by atoms with van der Waals surface area (Å²) in [5.74, 6) is 1.12. The van der Waals surface area contributed by atoms with Crippen molar-refractivity contribution in [2.45, 2.75) is 37.3 Å². The van der Waals surface area contributed by atoms with E-state index in [-0.39, 0.29) is 17.4 Å². The highest BCUT2D eigenvalue weighted by molar-refractivity contribution is 5.87. The number of amides is 1. The lowest BCUT2D eigenvalue weighted by molar-refractivity contribution is -0.134. The quantitative estimate of drug-likeness (QED) is 0.701. The molecule has 30 heavy (non-hydrogen) atoms. The zero-order valence-electron chi connectivity index (χ0n) is 18.0. The molecule has 2 fully saturated rings. The molecule has 5 nitrogen and oxygen atoms in total. The molecule has 2 aliphatic rings. The van der Waals surface area contributed by atoms with E-state index in [1.54, 1.807) is 14.2 Å². The van der Waals surface area contributed by atoms with Gasteiger partial charge < -0.3 is 14.4 Å². The summed E-state index contributed by atoms with van der Waals surface area (Å²) in [6, 6.07) is 18.6. The summed E-state index contributed by atoms with van der Waals surface area (Å²) < 4.78 is 10.6. The van der Waals surface area contributed by atoms with Gasteiger partial charge >= 0.3 is 0 Å². The normalized spacial score (nSPS) is 21.3. The van der Waals surface area contributed by atoms with Crippen molar-refractivity contribution >= 4 is 5.91 Å². The molecular weight excluding hydrogens is 376 g/mol. The Morgan fingerprint density at radius 3 is 2.33 bits per heavy atom. The fraction of sp³-hybridized carbons (Fsp3) is 0.480. The van der Waals surface area contributed by atoms with Gasteiger partial charge in [-0.1, -0.05) is 42.5 Å². The molecule has 2 heterocycles. The monoisotopic (exact) mass is 408 g/mol. The SMILES string of the molecule is COCCN1C(=O)[C@H](c2ccccc2)CC12CCN(Cc1ccc(OC)cc1)CC2. The number of methoxy groups -OCH3 is 2. The highest BCUT2D eigenvalue weighted by Crippen LogP contribution is 2.45. The summed E-state index contributed by atoms with van der Waals surface area (Å²) in [4.78, 5) is 18.0. The molecule has 1 amide bonds. The lowest BCUT2D eigenvalue weighted by atomic mass is 9.81. The molecule has 0 N–H and O–H groups in total. The molecule has 4 rings (SSSR count). The zero-order chi connectivity index (χ0) is 21.0. The summed E-state index contributed by atoms with van der Waals surface area (Å²) in [5.41, 5.74) is 2.39. The maximum absolute atomic E-state index is 13.4. The fourth-order valence-corrected chi connectivity index (χ4v) is 5.07. The van der Waals surface area contributed by atoms with Gasteiger partial charge in [-0.05, 0) is 42.5 Å². The molecular formula is C25H32N2O3. The van der Waals surface area contributed by atoms with Crippen LogP contribution in [0.5, 0.6) is 5.75 Å². The maximum atomic E-state index is 13.4. The third kappa shape index (κ3) is 4.23. The Labute approximate surface area is 179 Å². The molecule has 2 aromatic carbocycles. The van der Waals surface area contributed by atoms with Gasteiger partial charge in [-0.3, -0.25) is 9.69 Å². The molecule has 0 saturated carbocycles. The molecule has 0 bridgehead atoms. The van der Waals surface area contributed by atoms with Crippen LogP contribution in [0.25, 0.3) is 0 Å². The fourth-order valence-electron chi connectivity index (χ4n) is 5.07. The summed E-state index contributed by atoms with van der Waals surface area (Å²) in [6.45, 7) is 4.21. The van der Waals surface area contributed by atoms with Crippen molar-refractivity contribution in [3.8, 4) is 5.75 Å². The standard InChI is InChI=1S/C25H32N2O3/c1-29-17-16-27-24(28)23(21-6-4-3-5-7-21)18-25(27)12-14-26(15-13-25)19-20-8-10-22(30-2)11-9-20/h3-11,23H,12-19H2,1-2H3/t23-/m0/s1. The maximum Gasteiger partial charge on any atom is 0.230 e. The van der Waals surface area contributed by atoms with E-state index in [4.69, 9.17) is 9.47 Å². The van der Waals surface area contributed by atoms with Gasteiger partial charge in [0.2, 0.25) is 5.91 Å². The number of rotatable bonds is 7. The number of carbonyl (C=O) groups excluding carboxylic acids is 1. The van der Waals surface area contributed by atoms with E-state index < -0.39 is 0 Å². The average Bonchev–Trinajstić information content (AvgIpc) is 3.06. The van der Waals surface area contributed by atoms with Crippen LogP contribution in [0, 0.1) is 0 Å². The molecule has 1 atom stereocenters. The van der Waals surface area contributed by atoms with Crippen LogP contribution in [-0.4, -0.2) is 61.7 Å². The molecule has 160 valence electrons. The van der Waals surface area contributed by atoms with Gasteiger partial charge in [-0.15, -0.1) is 0 Å². The van der Waals surface area contributed by atoms with E-state index >= 15 is 0 Å². The van der Waals surface area contributed by atoms with Gasteiger partial charge in [0.05, 0.1) is 19.6 Å². The molecule has 0 aromatic heterocycles. The van der Waals surface area contributed by atoms with Crippen LogP contribution in [0.2, 0.25) is 0 Å². The largest absolute Gasteiger partial charge is 0.497 e. The van der Waals surface area contributed by atoms with Gasteiger partial charge in [0, 0.05) is 38.8 Å². The predicted octanol–water partition coefficient (Wildman–Crippen LogP) is 3.69. The van der Waals surface area contributed by atoms with Crippen molar-refractivity contribution in [1.82, 2.24) is 9.80 Å². The summed E-state index contributed by atoms with van der Waals surface area (Å²) in [7, 11) is 3.40. The third-order valence-electron chi connectivity index (χ3n) is 6.79. The topological polar surface area (TPSA) is 42.0 Å². The van der Waals surface area contributed by atoms with E-state index in [0.29, 0.717) is 13.2 Å². The second-order valence-corrected chi connectivity index (χ2v) is 8.50. The lowest BCUT2D eigenvalue weighted by Gasteiger charge is -2.45. The molecule has 0 unspecified atom stereocenters. The van der Waals surface area contributed by atoms with E-state index in [1.165, 1.54) is 5.56 Å². The first-order chi connectivity index (χ1) is 14.6. The molecule has 0 radical (unpaired) electrons. The number of piperidine rings is 1. The van der Waals surface area contributed by atoms with Crippen LogP contribution < -0.4 is 4.74 Å². The number of nitrogens with zero attached hydrogens (tertiary/aromatic N) is 2. The first-order valence-electron chi connectivity index (χ1n) is 10.9. The zero-order valence-corrected chi connectivity index (χ0v) is 18.0. The Morgan fingerprint density at radius 2 is 1.70 bits per heavy atom. The molecule has 1 spiro atoms. The third-order valence-corrected chi connectivity index (χ3v) is 6.79. The van der Waals surface area contributed by atoms with Gasteiger partial charge in [-0.25, -0.2) is 0 Å². The summed E-state index contributed by atoms with van der Waals surface area (Å²) >= 11 is 0. The average molecular weight is 409 g/mol. The minimum Gasteiger partial charge on any atom is -0.497 e. The Bertz CT molecular complexity index is 829. The highest BCUT2D eigenvalue weighted by atomic mass is 16.5. The first-order valence-corrected chi connectivity index (χ1v) is 10.9. The van der Waals surface area contributed by atoms with Crippen LogP contribution in [0.1, 0.15) is 36.3 Å². The van der Waals surface area contributed by atoms with Crippen LogP contribution >= 0.6 is 0 Å². The summed E-state index contributed by atoms with van der Waals surface area (Å²) in [5, 5.41) is 0. The summed E-state index contributed by atoms with van der Waals surface area (Å²) in [6.07, 6.45) is 2.94. The minimum atomic E-state index is -0.0491. The first kappa shape index (κ1) is 20.9. The van der Waals surface area contributed by atoms with Crippen LogP contribution in [-0.2, 0) is 16.1 Å². The molecule has 2 aliphatic heterocycles. The molecule has 2 saturated heterocycles. The second-order valence-electron chi connectivity index (χ2n) is 8.50. The van der Waals surface area contributed by atoms with Gasteiger partial charge in [0.25, 0.3) is 0 Å². The Morgan fingerprint density at radius 1 is 1.00 bits per heavy atom. The van der Waals surface area contributed by atoms with Crippen molar-refractivity contribution in [2.75, 3.05) is 40.5 Å². The van der Waals surface area contributed by atoms with Crippen LogP contribution in [0.3, 0.4) is 0 Å². The van der Waals surface area contributed by atoms with E-state index in [1.807, 2.05) is 30.3 Å². The van der Waals surface area contributed by atoms with Gasteiger partial charge in [-0.2, -0.15) is 0 Å². The smallest absolute Gasteiger partial charge is 0.230 e. The number of carbonyl (C=O) groups is 1. The number of ether oxygens (including phenoxy) is 2. The number of hydrogen-bond donors (Lipinski definition) is 0. The van der Waals surface area contributed by atoms with Crippen molar-refractivity contribution in [2.24, 2.45) is 0 Å². The molecule has 2 aromatic rings. The molecule has 0 aliphatic carbocycles. The molecule has 5 heteroatoms. The minimum absolute atomic E-state index is 0.0313. The Kier molecular flexibility index (Phi) is 6.40. The second kappa shape index (κ2) is 9.19. The Balaban J connectivity index is 1.46. The van der Waals surface area contributed by atoms with Crippen molar-refractivity contribution in [3.05, 3.63) is 65.7 Å². The predicted molar refractivity (Wildman–Crippen MR) is 118 cm³/mol. The van der Waals surface area contributed by atoms with E-state index in [9.17, 15) is 4.79 Å². The highest BCUT2D eigenvalue weighted by Gasteiger charge is 2.51. The number of hydrogen-bond acceptors (Lipinski definition) is 4.